The van der Waals surface area contributed by atoms with Crippen LogP contribution in [-0.4, -0.2) is 71.7 Å². The third-order valence-corrected chi connectivity index (χ3v) is 9.37. The van der Waals surface area contributed by atoms with E-state index in [0.717, 1.165) is 45.2 Å². The van der Waals surface area contributed by atoms with E-state index in [1.54, 1.807) is 13.0 Å². The molecular formula is C26H39N3O6. The average Bonchev–Trinajstić information content (AvgIpc) is 3.52. The molecule has 0 radical (unpaired) electrons. The molecule has 9 heteroatoms. The van der Waals surface area contributed by atoms with E-state index in [4.69, 9.17) is 14.0 Å². The van der Waals surface area contributed by atoms with Crippen LogP contribution in [0.2, 0.25) is 0 Å². The normalized spacial score (nSPS) is 39.1. The Balaban J connectivity index is 1.24. The molecule has 2 saturated heterocycles. The summed E-state index contributed by atoms with van der Waals surface area (Å²) >= 11 is 0. The maximum Gasteiger partial charge on any atom is 0.273 e. The average molecular weight is 490 g/mol. The summed E-state index contributed by atoms with van der Waals surface area (Å²) in [6.45, 7) is 8.72. The summed E-state index contributed by atoms with van der Waals surface area (Å²) in [7, 11) is 0. The lowest BCUT2D eigenvalue weighted by Gasteiger charge is -2.63. The summed E-state index contributed by atoms with van der Waals surface area (Å²) in [5.41, 5.74) is -0.102. The van der Waals surface area contributed by atoms with Crippen LogP contribution in [0.1, 0.15) is 75.0 Å². The third-order valence-electron chi connectivity index (χ3n) is 9.37. The Morgan fingerprint density at radius 2 is 1.97 bits per heavy atom. The van der Waals surface area contributed by atoms with Crippen LogP contribution >= 0.6 is 0 Å². The Kier molecular flexibility index (Phi) is 6.70. The van der Waals surface area contributed by atoms with E-state index in [1.165, 1.54) is 0 Å². The number of likely N-dealkylation sites (tertiary alicyclic amines) is 1. The van der Waals surface area contributed by atoms with Crippen molar-refractivity contribution in [2.24, 2.45) is 22.7 Å². The van der Waals surface area contributed by atoms with E-state index in [-0.39, 0.29) is 46.9 Å². The van der Waals surface area contributed by atoms with E-state index in [1.807, 2.05) is 4.90 Å². The molecule has 2 aliphatic heterocycles. The summed E-state index contributed by atoms with van der Waals surface area (Å²) < 4.78 is 17.5. The Hall–Kier alpha value is -1.97. The number of aromatic nitrogens is 1. The van der Waals surface area contributed by atoms with Gasteiger partial charge < -0.3 is 29.3 Å². The molecule has 9 nitrogen and oxygen atoms in total. The minimum atomic E-state index is -0.517. The molecule has 2 saturated carbocycles. The first-order valence-corrected chi connectivity index (χ1v) is 13.1. The number of ether oxygens (including phenoxy) is 2. The fourth-order valence-electron chi connectivity index (χ4n) is 7.42. The summed E-state index contributed by atoms with van der Waals surface area (Å²) in [6.07, 6.45) is 4.98. The SMILES string of the molecule is Cc1cc(C(=O)NC[C@H]2OC[C@]3(C)[C@@H]4CC[C@@H](O)[C@@H](CC(=O)N5CCCC5)[C@]4(C)CC[C@H]3O2)no1. The first kappa shape index (κ1) is 24.7. The molecule has 194 valence electrons. The molecule has 0 bridgehead atoms. The van der Waals surface area contributed by atoms with Gasteiger partial charge in [0.25, 0.3) is 5.91 Å². The minimum absolute atomic E-state index is 0.00991. The number of nitrogens with zero attached hydrogens (tertiary/aromatic N) is 2. The number of amides is 2. The van der Waals surface area contributed by atoms with Crippen molar-refractivity contribution in [2.75, 3.05) is 26.2 Å². The van der Waals surface area contributed by atoms with Crippen LogP contribution in [0.15, 0.2) is 10.6 Å². The van der Waals surface area contributed by atoms with E-state index in [2.05, 4.69) is 24.3 Å². The van der Waals surface area contributed by atoms with Gasteiger partial charge in [-0.2, -0.15) is 0 Å². The van der Waals surface area contributed by atoms with Gasteiger partial charge in [-0.25, -0.2) is 0 Å². The van der Waals surface area contributed by atoms with E-state index in [9.17, 15) is 14.7 Å². The van der Waals surface area contributed by atoms with Crippen molar-refractivity contribution in [3.63, 3.8) is 0 Å². The van der Waals surface area contributed by atoms with Gasteiger partial charge in [-0.05, 0) is 62.7 Å². The summed E-state index contributed by atoms with van der Waals surface area (Å²) in [5.74, 6) is 0.706. The van der Waals surface area contributed by atoms with Crippen LogP contribution < -0.4 is 5.32 Å². The minimum Gasteiger partial charge on any atom is -0.393 e. The van der Waals surface area contributed by atoms with Gasteiger partial charge in [0.05, 0.1) is 25.4 Å². The topological polar surface area (TPSA) is 114 Å². The lowest BCUT2D eigenvalue weighted by atomic mass is 9.46. The van der Waals surface area contributed by atoms with Crippen molar-refractivity contribution in [2.45, 2.75) is 84.2 Å². The van der Waals surface area contributed by atoms with Gasteiger partial charge in [-0.3, -0.25) is 9.59 Å². The fourth-order valence-corrected chi connectivity index (χ4v) is 7.42. The molecule has 4 fully saturated rings. The highest BCUT2D eigenvalue weighted by atomic mass is 16.7. The summed E-state index contributed by atoms with van der Waals surface area (Å²) in [6, 6.07) is 1.60. The molecule has 2 N–H and O–H groups in total. The predicted octanol–water partition coefficient (Wildman–Crippen LogP) is 2.66. The molecule has 2 aliphatic carbocycles. The number of aliphatic hydroxyl groups is 1. The van der Waals surface area contributed by atoms with Gasteiger partial charge in [0.15, 0.2) is 12.0 Å². The monoisotopic (exact) mass is 489 g/mol. The highest BCUT2D eigenvalue weighted by Crippen LogP contribution is 2.62. The standard InChI is InChI=1S/C26H39N3O6/c1-16-12-18(28-35-16)24(32)27-14-23-33-15-26(3)20-7-6-19(30)17(13-22(31)29-10-4-5-11-29)25(20,2)9-8-21(26)34-23/h12,17,19-21,23,30H,4-11,13-15H2,1-3H3,(H,27,32)/t17-,19-,20-,21-,23+,25+,26-/m1/s1. The molecular weight excluding hydrogens is 450 g/mol. The Bertz CT molecular complexity index is 945. The van der Waals surface area contributed by atoms with Crippen LogP contribution in [-0.2, 0) is 14.3 Å². The molecule has 2 amide bonds. The number of carbonyl (C=O) groups is 2. The molecule has 7 atom stereocenters. The van der Waals surface area contributed by atoms with Crippen molar-refractivity contribution in [3.8, 4) is 0 Å². The third kappa shape index (κ3) is 4.51. The van der Waals surface area contributed by atoms with Crippen LogP contribution in [0.25, 0.3) is 0 Å². The van der Waals surface area contributed by atoms with Crippen LogP contribution in [0.3, 0.4) is 0 Å². The number of rotatable bonds is 5. The lowest BCUT2D eigenvalue weighted by molar-refractivity contribution is -0.306. The van der Waals surface area contributed by atoms with Gasteiger partial charge in [0.2, 0.25) is 5.91 Å². The molecule has 0 unspecified atom stereocenters. The highest BCUT2D eigenvalue weighted by molar-refractivity contribution is 5.92. The van der Waals surface area contributed by atoms with Crippen molar-refractivity contribution in [3.05, 3.63) is 17.5 Å². The molecule has 1 aromatic heterocycles. The van der Waals surface area contributed by atoms with Crippen LogP contribution in [0.4, 0.5) is 0 Å². The smallest absolute Gasteiger partial charge is 0.273 e. The Morgan fingerprint density at radius 3 is 2.69 bits per heavy atom. The number of fused-ring (bicyclic) bond motifs is 3. The Labute approximate surface area is 206 Å². The molecule has 0 aromatic carbocycles. The second-order valence-electron chi connectivity index (χ2n) is 11.5. The highest BCUT2D eigenvalue weighted by Gasteiger charge is 2.61. The van der Waals surface area contributed by atoms with Gasteiger partial charge in [0.1, 0.15) is 5.76 Å². The second kappa shape index (κ2) is 9.48. The number of carbonyl (C=O) groups excluding carboxylic acids is 2. The number of hydrogen-bond donors (Lipinski definition) is 2. The van der Waals surface area contributed by atoms with Gasteiger partial charge in [-0.1, -0.05) is 19.0 Å². The summed E-state index contributed by atoms with van der Waals surface area (Å²) in [4.78, 5) is 27.3. The van der Waals surface area contributed by atoms with Crippen molar-refractivity contribution in [1.29, 1.82) is 0 Å². The lowest BCUT2D eigenvalue weighted by Crippen LogP contribution is -2.63. The zero-order valence-electron chi connectivity index (χ0n) is 21.1. The van der Waals surface area contributed by atoms with Gasteiger partial charge in [0, 0.05) is 31.0 Å². The van der Waals surface area contributed by atoms with E-state index < -0.39 is 12.4 Å². The molecule has 3 heterocycles. The summed E-state index contributed by atoms with van der Waals surface area (Å²) in [5, 5.41) is 17.6. The molecule has 5 rings (SSSR count). The van der Waals surface area contributed by atoms with Crippen molar-refractivity contribution >= 4 is 11.8 Å². The first-order valence-electron chi connectivity index (χ1n) is 13.1. The second-order valence-corrected chi connectivity index (χ2v) is 11.5. The van der Waals surface area contributed by atoms with Gasteiger partial charge in [-0.15, -0.1) is 0 Å². The van der Waals surface area contributed by atoms with Crippen LogP contribution in [0.5, 0.6) is 0 Å². The van der Waals surface area contributed by atoms with E-state index >= 15 is 0 Å². The molecule has 1 aromatic rings. The van der Waals surface area contributed by atoms with Crippen LogP contribution in [0, 0.1) is 29.6 Å². The van der Waals surface area contributed by atoms with Crippen molar-refractivity contribution in [1.82, 2.24) is 15.4 Å². The molecule has 4 aliphatic rings. The zero-order valence-corrected chi connectivity index (χ0v) is 21.1. The Morgan fingerprint density at radius 1 is 1.20 bits per heavy atom. The number of aliphatic hydroxyl groups excluding tert-OH is 1. The van der Waals surface area contributed by atoms with Crippen molar-refractivity contribution < 1.29 is 28.7 Å². The van der Waals surface area contributed by atoms with E-state index in [0.29, 0.717) is 31.1 Å². The molecule has 35 heavy (non-hydrogen) atoms. The fraction of sp³-hybridized carbons (Fsp3) is 0.808. The predicted molar refractivity (Wildman–Crippen MR) is 126 cm³/mol. The maximum atomic E-state index is 13.0. The molecule has 0 spiro atoms. The maximum absolute atomic E-state index is 13.0. The first-order chi connectivity index (χ1) is 16.7. The number of hydrogen-bond acceptors (Lipinski definition) is 7. The zero-order chi connectivity index (χ0) is 24.8. The number of aryl methyl sites for hydroxylation is 1. The van der Waals surface area contributed by atoms with Gasteiger partial charge >= 0.3 is 0 Å². The largest absolute Gasteiger partial charge is 0.393 e. The quantitative estimate of drug-likeness (QED) is 0.654. The number of nitrogens with one attached hydrogen (secondary N) is 1.